The normalized spacial score (nSPS) is 10.7. The molecule has 100 valence electrons. The molecular weight excluding hydrogens is 316 g/mol. The van der Waals surface area contributed by atoms with Gasteiger partial charge in [0.2, 0.25) is 0 Å². The predicted molar refractivity (Wildman–Crippen MR) is 85.1 cm³/mol. The lowest BCUT2D eigenvalue weighted by molar-refractivity contribution is 0.480. The van der Waals surface area contributed by atoms with Crippen molar-refractivity contribution < 1.29 is 4.74 Å². The van der Waals surface area contributed by atoms with Crippen LogP contribution in [0, 0.1) is 6.92 Å². The average molecular weight is 329 g/mol. The number of hydrogen-bond donors (Lipinski definition) is 1. The fraction of sp³-hybridized carbons (Fsp3) is 0.0625. The van der Waals surface area contributed by atoms with Crippen molar-refractivity contribution in [1.82, 2.24) is 4.98 Å². The molecule has 0 radical (unpaired) electrons. The van der Waals surface area contributed by atoms with Crippen molar-refractivity contribution in [3.05, 3.63) is 58.7 Å². The lowest BCUT2D eigenvalue weighted by atomic mass is 10.2. The maximum Gasteiger partial charge on any atom is 0.142 e. The van der Waals surface area contributed by atoms with Gasteiger partial charge in [-0.3, -0.25) is 4.98 Å². The zero-order chi connectivity index (χ0) is 14.1. The summed E-state index contributed by atoms with van der Waals surface area (Å²) >= 11 is 3.47. The van der Waals surface area contributed by atoms with E-state index in [9.17, 15) is 0 Å². The molecule has 0 spiro atoms. The maximum atomic E-state index is 5.91. The smallest absolute Gasteiger partial charge is 0.142 e. The van der Waals surface area contributed by atoms with Gasteiger partial charge in [0, 0.05) is 23.3 Å². The van der Waals surface area contributed by atoms with Gasteiger partial charge in [-0.15, -0.1) is 0 Å². The summed E-state index contributed by atoms with van der Waals surface area (Å²) in [6.45, 7) is 1.95. The third kappa shape index (κ3) is 2.47. The molecule has 3 aromatic rings. The second-order valence-electron chi connectivity index (χ2n) is 4.60. The van der Waals surface area contributed by atoms with Crippen LogP contribution >= 0.6 is 15.9 Å². The van der Waals surface area contributed by atoms with E-state index in [2.05, 4.69) is 20.9 Å². The fourth-order valence-corrected chi connectivity index (χ4v) is 2.43. The molecule has 1 aromatic heterocycles. The largest absolute Gasteiger partial charge is 0.456 e. The van der Waals surface area contributed by atoms with E-state index in [1.807, 2.05) is 49.4 Å². The summed E-state index contributed by atoms with van der Waals surface area (Å²) in [7, 11) is 0. The topological polar surface area (TPSA) is 48.1 Å². The summed E-state index contributed by atoms with van der Waals surface area (Å²) in [5.74, 6) is 1.49. The van der Waals surface area contributed by atoms with E-state index in [-0.39, 0.29) is 0 Å². The number of anilines is 1. The van der Waals surface area contributed by atoms with Gasteiger partial charge in [-0.25, -0.2) is 0 Å². The first kappa shape index (κ1) is 12.9. The van der Waals surface area contributed by atoms with Crippen LogP contribution in [0.5, 0.6) is 11.5 Å². The molecule has 2 aromatic carbocycles. The summed E-state index contributed by atoms with van der Waals surface area (Å²) in [4.78, 5) is 4.33. The Hall–Kier alpha value is -2.07. The Labute approximate surface area is 125 Å². The van der Waals surface area contributed by atoms with Gasteiger partial charge >= 0.3 is 0 Å². The first-order chi connectivity index (χ1) is 9.63. The highest BCUT2D eigenvalue weighted by molar-refractivity contribution is 9.10. The molecule has 3 nitrogen and oxygen atoms in total. The van der Waals surface area contributed by atoms with Gasteiger partial charge in [0.05, 0.1) is 9.99 Å². The number of fused-ring (bicyclic) bond motifs is 1. The van der Waals surface area contributed by atoms with Crippen molar-refractivity contribution in [2.24, 2.45) is 0 Å². The molecule has 0 bridgehead atoms. The second-order valence-corrected chi connectivity index (χ2v) is 5.45. The quantitative estimate of drug-likeness (QED) is 0.695. The number of aryl methyl sites for hydroxylation is 1. The van der Waals surface area contributed by atoms with E-state index in [1.165, 1.54) is 0 Å². The van der Waals surface area contributed by atoms with E-state index in [0.29, 0.717) is 0 Å². The standard InChI is InChI=1S/C16H13BrN2O/c1-10-7-16(13(17)9-14(10)18)20-12-5-4-11-3-2-6-19-15(11)8-12/h2-9H,18H2,1H3. The number of rotatable bonds is 2. The fourth-order valence-electron chi connectivity index (χ4n) is 1.99. The molecule has 0 aliphatic heterocycles. The summed E-state index contributed by atoms with van der Waals surface area (Å²) in [5.41, 5.74) is 8.50. The van der Waals surface area contributed by atoms with Crippen LogP contribution in [-0.4, -0.2) is 4.98 Å². The van der Waals surface area contributed by atoms with Gasteiger partial charge < -0.3 is 10.5 Å². The summed E-state index contributed by atoms with van der Waals surface area (Å²) in [6, 6.07) is 13.6. The Kier molecular flexibility index (Phi) is 3.32. The minimum atomic E-state index is 0.740. The number of halogens is 1. The molecule has 3 rings (SSSR count). The first-order valence-electron chi connectivity index (χ1n) is 6.22. The van der Waals surface area contributed by atoms with Crippen LogP contribution < -0.4 is 10.5 Å². The molecule has 0 atom stereocenters. The summed E-state index contributed by atoms with van der Waals surface area (Å²) in [6.07, 6.45) is 1.77. The van der Waals surface area contributed by atoms with Gasteiger partial charge in [0.1, 0.15) is 11.5 Å². The third-order valence-corrected chi connectivity index (χ3v) is 3.75. The van der Waals surface area contributed by atoms with E-state index in [1.54, 1.807) is 6.20 Å². The average Bonchev–Trinajstić information content (AvgIpc) is 2.44. The Morgan fingerprint density at radius 1 is 1.15 bits per heavy atom. The third-order valence-electron chi connectivity index (χ3n) is 3.13. The van der Waals surface area contributed by atoms with Gasteiger partial charge in [0.15, 0.2) is 0 Å². The van der Waals surface area contributed by atoms with Crippen LogP contribution in [0.3, 0.4) is 0 Å². The lowest BCUT2D eigenvalue weighted by Gasteiger charge is -2.10. The molecule has 0 amide bonds. The highest BCUT2D eigenvalue weighted by atomic mass is 79.9. The Morgan fingerprint density at radius 2 is 2.00 bits per heavy atom. The molecule has 0 saturated carbocycles. The van der Waals surface area contributed by atoms with Gasteiger partial charge in [0.25, 0.3) is 0 Å². The molecule has 1 heterocycles. The lowest BCUT2D eigenvalue weighted by Crippen LogP contribution is -1.92. The number of nitrogens with zero attached hydrogens (tertiary/aromatic N) is 1. The number of hydrogen-bond acceptors (Lipinski definition) is 3. The SMILES string of the molecule is Cc1cc(Oc2ccc3cccnc3c2)c(Br)cc1N. The molecule has 4 heteroatoms. The Bertz CT molecular complexity index is 787. The van der Waals surface area contributed by atoms with Gasteiger partial charge in [-0.1, -0.05) is 6.07 Å². The van der Waals surface area contributed by atoms with E-state index < -0.39 is 0 Å². The molecule has 2 N–H and O–H groups in total. The second kappa shape index (κ2) is 5.13. The van der Waals surface area contributed by atoms with Crippen LogP contribution in [0.2, 0.25) is 0 Å². The van der Waals surface area contributed by atoms with Crippen molar-refractivity contribution in [2.45, 2.75) is 6.92 Å². The van der Waals surface area contributed by atoms with Crippen molar-refractivity contribution in [1.29, 1.82) is 0 Å². The predicted octanol–water partition coefficient (Wildman–Crippen LogP) is 4.68. The van der Waals surface area contributed by atoms with Crippen molar-refractivity contribution >= 4 is 32.5 Å². The summed E-state index contributed by atoms with van der Waals surface area (Å²) in [5, 5.41) is 1.09. The van der Waals surface area contributed by atoms with Crippen LogP contribution in [0.15, 0.2) is 53.1 Å². The van der Waals surface area contributed by atoms with E-state index in [4.69, 9.17) is 10.5 Å². The first-order valence-corrected chi connectivity index (χ1v) is 7.01. The van der Waals surface area contributed by atoms with E-state index in [0.717, 1.165) is 38.1 Å². The molecule has 0 aliphatic carbocycles. The van der Waals surface area contributed by atoms with Crippen LogP contribution in [-0.2, 0) is 0 Å². The Balaban J connectivity index is 1.99. The number of ether oxygens (including phenoxy) is 1. The van der Waals surface area contributed by atoms with Crippen molar-refractivity contribution in [3.8, 4) is 11.5 Å². The number of benzene rings is 2. The zero-order valence-corrected chi connectivity index (χ0v) is 12.5. The molecular formula is C16H13BrN2O. The molecule has 0 saturated heterocycles. The number of aromatic nitrogens is 1. The number of pyridine rings is 1. The number of nitrogens with two attached hydrogens (primary N) is 1. The minimum Gasteiger partial charge on any atom is -0.456 e. The zero-order valence-electron chi connectivity index (χ0n) is 10.9. The van der Waals surface area contributed by atoms with Crippen LogP contribution in [0.4, 0.5) is 5.69 Å². The van der Waals surface area contributed by atoms with E-state index >= 15 is 0 Å². The molecule has 0 aliphatic rings. The van der Waals surface area contributed by atoms with Crippen LogP contribution in [0.1, 0.15) is 5.56 Å². The van der Waals surface area contributed by atoms with Crippen molar-refractivity contribution in [3.63, 3.8) is 0 Å². The van der Waals surface area contributed by atoms with Gasteiger partial charge in [-0.2, -0.15) is 0 Å². The maximum absolute atomic E-state index is 5.91. The molecule has 0 fully saturated rings. The van der Waals surface area contributed by atoms with Crippen LogP contribution in [0.25, 0.3) is 10.9 Å². The minimum absolute atomic E-state index is 0.740. The number of nitrogen functional groups attached to an aromatic ring is 1. The highest BCUT2D eigenvalue weighted by Gasteiger charge is 2.07. The summed E-state index contributed by atoms with van der Waals surface area (Å²) < 4.78 is 6.75. The van der Waals surface area contributed by atoms with Crippen molar-refractivity contribution in [2.75, 3.05) is 5.73 Å². The molecule has 0 unspecified atom stereocenters. The highest BCUT2D eigenvalue weighted by Crippen LogP contribution is 2.34. The Morgan fingerprint density at radius 3 is 2.85 bits per heavy atom. The van der Waals surface area contributed by atoms with Gasteiger partial charge in [-0.05, 0) is 58.7 Å². The molecule has 20 heavy (non-hydrogen) atoms. The monoisotopic (exact) mass is 328 g/mol.